The lowest BCUT2D eigenvalue weighted by Gasteiger charge is -2.24. The van der Waals surface area contributed by atoms with Crippen molar-refractivity contribution in [3.8, 4) is 0 Å². The van der Waals surface area contributed by atoms with Gasteiger partial charge in [0.25, 0.3) is 5.91 Å². The zero-order valence-electron chi connectivity index (χ0n) is 22.0. The van der Waals surface area contributed by atoms with Crippen LogP contribution in [-0.4, -0.2) is 25.5 Å². The Bertz CT molecular complexity index is 1310. The molecule has 8 heteroatoms. The average molecular weight is 598 g/mol. The average Bonchev–Trinajstić information content (AvgIpc) is 3.36. The number of amides is 2. The fourth-order valence-corrected chi connectivity index (χ4v) is 5.30. The first-order chi connectivity index (χ1) is 18.1. The van der Waals surface area contributed by atoms with Gasteiger partial charge in [-0.2, -0.15) is 0 Å². The van der Waals surface area contributed by atoms with Crippen LogP contribution in [0.4, 0.5) is 17.1 Å². The van der Waals surface area contributed by atoms with E-state index in [4.69, 9.17) is 11.6 Å². The lowest BCUT2D eigenvalue weighted by atomic mass is 9.88. The Hall–Kier alpha value is -3.03. The van der Waals surface area contributed by atoms with Gasteiger partial charge in [0.05, 0.1) is 17.4 Å². The molecule has 3 aromatic carbocycles. The summed E-state index contributed by atoms with van der Waals surface area (Å²) < 4.78 is 0.959. The van der Waals surface area contributed by atoms with E-state index in [1.807, 2.05) is 74.6 Å². The third-order valence-electron chi connectivity index (χ3n) is 7.22. The second kappa shape index (κ2) is 12.2. The molecule has 1 aliphatic carbocycles. The summed E-state index contributed by atoms with van der Waals surface area (Å²) in [6, 6.07) is 18.9. The molecule has 0 aromatic heterocycles. The van der Waals surface area contributed by atoms with Crippen LogP contribution in [0, 0.1) is 12.3 Å². The number of rotatable bonds is 9. The first-order valence-corrected chi connectivity index (χ1v) is 14.0. The highest BCUT2D eigenvalue weighted by molar-refractivity contribution is 9.10. The van der Waals surface area contributed by atoms with Crippen LogP contribution < -0.4 is 20.9 Å². The lowest BCUT2D eigenvalue weighted by Crippen LogP contribution is -2.36. The first kappa shape index (κ1) is 28.0. The van der Waals surface area contributed by atoms with Gasteiger partial charge in [-0.1, -0.05) is 53.4 Å². The van der Waals surface area contributed by atoms with Crippen LogP contribution in [0.5, 0.6) is 0 Å². The van der Waals surface area contributed by atoms with Crippen molar-refractivity contribution in [3.05, 3.63) is 86.8 Å². The summed E-state index contributed by atoms with van der Waals surface area (Å²) in [5, 5.41) is 10.1. The van der Waals surface area contributed by atoms with Crippen LogP contribution >= 0.6 is 27.5 Å². The van der Waals surface area contributed by atoms with E-state index in [1.54, 1.807) is 0 Å². The minimum atomic E-state index is -0.247. The number of carbonyl (C=O) groups is 2. The Morgan fingerprint density at radius 3 is 2.42 bits per heavy atom. The molecule has 0 saturated heterocycles. The molecule has 0 bridgehead atoms. The van der Waals surface area contributed by atoms with Crippen molar-refractivity contribution in [1.82, 2.24) is 5.32 Å². The smallest absolute Gasteiger partial charge is 0.255 e. The molecule has 38 heavy (non-hydrogen) atoms. The molecular formula is C30H34BrClN4O2. The normalized spacial score (nSPS) is 14.1. The molecule has 3 aromatic rings. The number of hydrogen-bond acceptors (Lipinski definition) is 4. The number of benzene rings is 3. The molecule has 2 amide bonds. The molecule has 3 N–H and O–H groups in total. The van der Waals surface area contributed by atoms with Gasteiger partial charge in [0, 0.05) is 40.4 Å². The van der Waals surface area contributed by atoms with Gasteiger partial charge in [0.1, 0.15) is 0 Å². The van der Waals surface area contributed by atoms with E-state index >= 15 is 0 Å². The van der Waals surface area contributed by atoms with Crippen molar-refractivity contribution < 1.29 is 9.59 Å². The molecule has 0 radical (unpaired) electrons. The minimum Gasteiger partial charge on any atom is -0.367 e. The molecule has 0 atom stereocenters. The van der Waals surface area contributed by atoms with E-state index in [2.05, 4.69) is 43.7 Å². The Balaban J connectivity index is 1.35. The second-order valence-corrected chi connectivity index (χ2v) is 11.6. The number of halogens is 2. The maximum absolute atomic E-state index is 12.7. The molecule has 1 aliphatic rings. The molecule has 0 heterocycles. The first-order valence-electron chi connectivity index (χ1n) is 12.8. The molecule has 0 aliphatic heterocycles. The van der Waals surface area contributed by atoms with Crippen molar-refractivity contribution >= 4 is 56.4 Å². The van der Waals surface area contributed by atoms with Crippen molar-refractivity contribution in [2.45, 2.75) is 46.1 Å². The number of nitrogens with zero attached hydrogens (tertiary/aromatic N) is 1. The van der Waals surface area contributed by atoms with Crippen LogP contribution in [0.15, 0.2) is 65.1 Å². The Kier molecular flexibility index (Phi) is 9.00. The Morgan fingerprint density at radius 2 is 1.74 bits per heavy atom. The van der Waals surface area contributed by atoms with Crippen LogP contribution in [0.25, 0.3) is 0 Å². The third kappa shape index (κ3) is 6.88. The van der Waals surface area contributed by atoms with E-state index in [0.717, 1.165) is 58.3 Å². The maximum atomic E-state index is 12.7. The summed E-state index contributed by atoms with van der Waals surface area (Å²) >= 11 is 9.86. The summed E-state index contributed by atoms with van der Waals surface area (Å²) in [6.07, 6.45) is 4.14. The van der Waals surface area contributed by atoms with E-state index in [1.165, 1.54) is 0 Å². The van der Waals surface area contributed by atoms with Crippen LogP contribution in [0.1, 0.15) is 54.1 Å². The Morgan fingerprint density at radius 1 is 1.03 bits per heavy atom. The lowest BCUT2D eigenvalue weighted by molar-refractivity contribution is -0.130. The molecule has 1 saturated carbocycles. The summed E-state index contributed by atoms with van der Waals surface area (Å²) in [7, 11) is 1.98. The van der Waals surface area contributed by atoms with Crippen molar-refractivity contribution in [2.75, 3.05) is 29.2 Å². The van der Waals surface area contributed by atoms with Crippen molar-refractivity contribution in [3.63, 3.8) is 0 Å². The second-order valence-electron chi connectivity index (χ2n) is 10.3. The third-order valence-corrected chi connectivity index (χ3v) is 8.08. The van der Waals surface area contributed by atoms with E-state index in [0.29, 0.717) is 23.8 Å². The highest BCUT2D eigenvalue weighted by Crippen LogP contribution is 2.37. The van der Waals surface area contributed by atoms with Gasteiger partial charge in [-0.25, -0.2) is 0 Å². The number of nitrogens with one attached hydrogen (secondary N) is 3. The van der Waals surface area contributed by atoms with E-state index in [-0.39, 0.29) is 17.2 Å². The van der Waals surface area contributed by atoms with Gasteiger partial charge in [0.2, 0.25) is 5.91 Å². The number of hydrogen-bond donors (Lipinski definition) is 3. The molecule has 200 valence electrons. The van der Waals surface area contributed by atoms with Crippen molar-refractivity contribution in [2.24, 2.45) is 5.41 Å². The molecule has 1 fully saturated rings. The zero-order valence-corrected chi connectivity index (χ0v) is 24.4. The topological polar surface area (TPSA) is 73.5 Å². The highest BCUT2D eigenvalue weighted by atomic mass is 79.9. The van der Waals surface area contributed by atoms with Crippen LogP contribution in [0.3, 0.4) is 0 Å². The van der Waals surface area contributed by atoms with Gasteiger partial charge >= 0.3 is 0 Å². The summed E-state index contributed by atoms with van der Waals surface area (Å²) in [4.78, 5) is 27.5. The van der Waals surface area contributed by atoms with Gasteiger partial charge in [-0.3, -0.25) is 9.59 Å². The molecule has 6 nitrogen and oxygen atoms in total. The van der Waals surface area contributed by atoms with Gasteiger partial charge in [0.15, 0.2) is 0 Å². The number of carbonyl (C=O) groups excluding carboxylic acids is 2. The summed E-state index contributed by atoms with van der Waals surface area (Å²) in [5.74, 6) is -0.0241. The highest BCUT2D eigenvalue weighted by Gasteiger charge is 2.35. The quantitative estimate of drug-likeness (QED) is 0.225. The predicted molar refractivity (Wildman–Crippen MR) is 160 cm³/mol. The Labute approximate surface area is 238 Å². The zero-order chi connectivity index (χ0) is 27.3. The van der Waals surface area contributed by atoms with Gasteiger partial charge in [-0.15, -0.1) is 0 Å². The number of anilines is 3. The predicted octanol–water partition coefficient (Wildman–Crippen LogP) is 7.37. The molecule has 0 unspecified atom stereocenters. The van der Waals surface area contributed by atoms with Gasteiger partial charge in [-0.05, 0) is 85.5 Å². The number of aryl methyl sites for hydroxylation is 1. The minimum absolute atomic E-state index is 0.128. The van der Waals surface area contributed by atoms with Gasteiger partial charge < -0.3 is 20.9 Å². The maximum Gasteiger partial charge on any atom is 0.255 e. The molecule has 4 rings (SSSR count). The SMILES string of the molecule is Cc1cc(C(=O)Nc2ccc(Br)cc2)ccc1N(C)CNc1cc(CNC(=O)C2(C)CCCC2)ccc1Cl. The summed E-state index contributed by atoms with van der Waals surface area (Å²) in [5.41, 5.74) is 4.88. The standard InChI is InChI=1S/C30H34BrClN4O2/c1-20-16-22(28(37)35-24-10-8-23(31)9-11-24)7-13-27(20)36(3)19-34-26-17-21(6-12-25(26)32)18-33-29(38)30(2)14-4-5-15-30/h6-13,16-17,34H,4-5,14-15,18-19H2,1-3H3,(H,33,38)(H,35,37). The largest absolute Gasteiger partial charge is 0.367 e. The van der Waals surface area contributed by atoms with Crippen LogP contribution in [0.2, 0.25) is 5.02 Å². The fourth-order valence-electron chi connectivity index (χ4n) is 4.85. The van der Waals surface area contributed by atoms with Crippen molar-refractivity contribution in [1.29, 1.82) is 0 Å². The van der Waals surface area contributed by atoms with Crippen LogP contribution in [-0.2, 0) is 11.3 Å². The summed E-state index contributed by atoms with van der Waals surface area (Å²) in [6.45, 7) is 5.03. The molecule has 0 spiro atoms. The molecular weight excluding hydrogens is 564 g/mol. The van der Waals surface area contributed by atoms with E-state index < -0.39 is 0 Å². The monoisotopic (exact) mass is 596 g/mol. The fraction of sp³-hybridized carbons (Fsp3) is 0.333. The van der Waals surface area contributed by atoms with E-state index in [9.17, 15) is 9.59 Å².